The predicted octanol–water partition coefficient (Wildman–Crippen LogP) is 2.84. The Labute approximate surface area is 79.8 Å². The van der Waals surface area contributed by atoms with Crippen molar-refractivity contribution in [3.05, 3.63) is 35.9 Å². The molecule has 0 radical (unpaired) electrons. The zero-order chi connectivity index (χ0) is 9.68. The molecule has 1 aromatic carbocycles. The van der Waals surface area contributed by atoms with Gasteiger partial charge in [0.2, 0.25) is 0 Å². The predicted molar refractivity (Wildman–Crippen MR) is 54.6 cm³/mol. The van der Waals surface area contributed by atoms with E-state index < -0.39 is 0 Å². The summed E-state index contributed by atoms with van der Waals surface area (Å²) in [7, 11) is 0. The van der Waals surface area contributed by atoms with Gasteiger partial charge < -0.3 is 0 Å². The Kier molecular flexibility index (Phi) is 3.69. The molecule has 0 spiro atoms. The molecular formula is C12H16O. The van der Waals surface area contributed by atoms with Crippen molar-refractivity contribution in [3.63, 3.8) is 0 Å². The van der Waals surface area contributed by atoms with Crippen molar-refractivity contribution >= 4 is 5.78 Å². The Morgan fingerprint density at radius 1 is 1.31 bits per heavy atom. The van der Waals surface area contributed by atoms with E-state index in [4.69, 9.17) is 0 Å². The molecular weight excluding hydrogens is 160 g/mol. The van der Waals surface area contributed by atoms with Crippen molar-refractivity contribution < 1.29 is 4.79 Å². The quantitative estimate of drug-likeness (QED) is 0.689. The van der Waals surface area contributed by atoms with Gasteiger partial charge in [0.1, 0.15) is 5.78 Å². The molecule has 0 N–H and O–H groups in total. The van der Waals surface area contributed by atoms with Crippen molar-refractivity contribution in [2.45, 2.75) is 26.7 Å². The maximum absolute atomic E-state index is 11.2. The highest BCUT2D eigenvalue weighted by Crippen LogP contribution is 2.12. The zero-order valence-electron chi connectivity index (χ0n) is 8.29. The molecule has 0 saturated carbocycles. The first-order valence-corrected chi connectivity index (χ1v) is 4.78. The maximum atomic E-state index is 11.2. The van der Waals surface area contributed by atoms with Crippen LogP contribution in [0.1, 0.15) is 25.8 Å². The summed E-state index contributed by atoms with van der Waals surface area (Å²) in [6.45, 7) is 3.74. The number of carbonyl (C=O) groups is 1. The monoisotopic (exact) mass is 176 g/mol. The van der Waals surface area contributed by atoms with Crippen LogP contribution in [-0.2, 0) is 11.2 Å². The molecule has 70 valence electrons. The lowest BCUT2D eigenvalue weighted by molar-refractivity contribution is -0.120. The lowest BCUT2D eigenvalue weighted by Gasteiger charge is -2.10. The van der Waals surface area contributed by atoms with Gasteiger partial charge in [0, 0.05) is 5.92 Å². The van der Waals surface area contributed by atoms with E-state index in [9.17, 15) is 4.79 Å². The van der Waals surface area contributed by atoms with E-state index in [2.05, 4.69) is 19.1 Å². The number of ketones is 1. The van der Waals surface area contributed by atoms with Gasteiger partial charge in [-0.05, 0) is 25.3 Å². The van der Waals surface area contributed by atoms with Gasteiger partial charge in [-0.2, -0.15) is 0 Å². The molecule has 0 bridgehead atoms. The van der Waals surface area contributed by atoms with Crippen LogP contribution in [0.4, 0.5) is 0 Å². The molecule has 0 saturated heterocycles. The third-order valence-electron chi connectivity index (χ3n) is 2.39. The molecule has 0 aliphatic heterocycles. The molecule has 1 atom stereocenters. The van der Waals surface area contributed by atoms with Crippen LogP contribution >= 0.6 is 0 Å². The Balaban J connectivity index is 2.62. The van der Waals surface area contributed by atoms with E-state index in [0.717, 1.165) is 12.8 Å². The first kappa shape index (κ1) is 9.97. The second-order valence-electron chi connectivity index (χ2n) is 3.41. The van der Waals surface area contributed by atoms with Crippen LogP contribution in [0, 0.1) is 5.92 Å². The van der Waals surface area contributed by atoms with Gasteiger partial charge in [-0.3, -0.25) is 4.79 Å². The van der Waals surface area contributed by atoms with Gasteiger partial charge >= 0.3 is 0 Å². The van der Waals surface area contributed by atoms with Crippen LogP contribution in [0.25, 0.3) is 0 Å². The second-order valence-corrected chi connectivity index (χ2v) is 3.41. The molecule has 0 aromatic heterocycles. The van der Waals surface area contributed by atoms with Crippen LogP contribution < -0.4 is 0 Å². The number of benzene rings is 1. The second kappa shape index (κ2) is 4.80. The number of hydrogen-bond acceptors (Lipinski definition) is 1. The standard InChI is InChI=1S/C12H16O/c1-3-12(10(2)13)9-11-7-5-4-6-8-11/h4-8,12H,3,9H2,1-2H3/t12-/m0/s1. The smallest absolute Gasteiger partial charge is 0.133 e. The Bertz CT molecular complexity index is 264. The molecule has 0 heterocycles. The van der Waals surface area contributed by atoms with E-state index in [-0.39, 0.29) is 5.92 Å². The van der Waals surface area contributed by atoms with E-state index in [0.29, 0.717) is 5.78 Å². The van der Waals surface area contributed by atoms with E-state index >= 15 is 0 Å². The molecule has 0 aliphatic carbocycles. The normalized spacial score (nSPS) is 12.5. The Hall–Kier alpha value is -1.11. The summed E-state index contributed by atoms with van der Waals surface area (Å²) in [5.41, 5.74) is 1.25. The molecule has 1 rings (SSSR count). The van der Waals surface area contributed by atoms with E-state index in [1.54, 1.807) is 6.92 Å². The highest BCUT2D eigenvalue weighted by molar-refractivity contribution is 5.78. The summed E-state index contributed by atoms with van der Waals surface area (Å²) < 4.78 is 0. The van der Waals surface area contributed by atoms with Gasteiger partial charge in [0.05, 0.1) is 0 Å². The van der Waals surface area contributed by atoms with Crippen LogP contribution in [0.2, 0.25) is 0 Å². The maximum Gasteiger partial charge on any atom is 0.133 e. The summed E-state index contributed by atoms with van der Waals surface area (Å²) in [6.07, 6.45) is 1.82. The van der Waals surface area contributed by atoms with Crippen LogP contribution in [-0.4, -0.2) is 5.78 Å². The number of hydrogen-bond donors (Lipinski definition) is 0. The average molecular weight is 176 g/mol. The minimum absolute atomic E-state index is 0.197. The first-order valence-electron chi connectivity index (χ1n) is 4.78. The summed E-state index contributed by atoms with van der Waals surface area (Å²) in [5, 5.41) is 0. The fourth-order valence-electron chi connectivity index (χ4n) is 1.47. The van der Waals surface area contributed by atoms with Crippen molar-refractivity contribution in [1.29, 1.82) is 0 Å². The molecule has 13 heavy (non-hydrogen) atoms. The van der Waals surface area contributed by atoms with Crippen LogP contribution in [0.15, 0.2) is 30.3 Å². The number of rotatable bonds is 4. The third-order valence-corrected chi connectivity index (χ3v) is 2.39. The van der Waals surface area contributed by atoms with Gasteiger partial charge in [-0.1, -0.05) is 37.3 Å². The Morgan fingerprint density at radius 3 is 2.38 bits per heavy atom. The molecule has 0 aliphatic rings. The molecule has 1 aromatic rings. The average Bonchev–Trinajstić information content (AvgIpc) is 2.15. The minimum Gasteiger partial charge on any atom is -0.300 e. The van der Waals surface area contributed by atoms with Crippen molar-refractivity contribution in [2.24, 2.45) is 5.92 Å². The van der Waals surface area contributed by atoms with Crippen molar-refractivity contribution in [3.8, 4) is 0 Å². The molecule has 0 unspecified atom stereocenters. The largest absolute Gasteiger partial charge is 0.300 e. The summed E-state index contributed by atoms with van der Waals surface area (Å²) in [6, 6.07) is 10.2. The summed E-state index contributed by atoms with van der Waals surface area (Å²) in [4.78, 5) is 11.2. The van der Waals surface area contributed by atoms with Crippen molar-refractivity contribution in [1.82, 2.24) is 0 Å². The molecule has 0 fully saturated rings. The van der Waals surface area contributed by atoms with E-state index in [1.165, 1.54) is 5.56 Å². The van der Waals surface area contributed by atoms with Gasteiger partial charge in [-0.15, -0.1) is 0 Å². The van der Waals surface area contributed by atoms with Gasteiger partial charge in [0.15, 0.2) is 0 Å². The van der Waals surface area contributed by atoms with Gasteiger partial charge in [0.25, 0.3) is 0 Å². The molecule has 1 nitrogen and oxygen atoms in total. The fraction of sp³-hybridized carbons (Fsp3) is 0.417. The van der Waals surface area contributed by atoms with Gasteiger partial charge in [-0.25, -0.2) is 0 Å². The third kappa shape index (κ3) is 3.02. The lowest BCUT2D eigenvalue weighted by atomic mass is 9.94. The fourth-order valence-corrected chi connectivity index (χ4v) is 1.47. The van der Waals surface area contributed by atoms with Crippen LogP contribution in [0.5, 0.6) is 0 Å². The Morgan fingerprint density at radius 2 is 1.92 bits per heavy atom. The SMILES string of the molecule is CC[C@@H](Cc1ccccc1)C(C)=O. The molecule has 0 amide bonds. The van der Waals surface area contributed by atoms with Crippen molar-refractivity contribution in [2.75, 3.05) is 0 Å². The highest BCUT2D eigenvalue weighted by Gasteiger charge is 2.11. The highest BCUT2D eigenvalue weighted by atomic mass is 16.1. The summed E-state index contributed by atoms with van der Waals surface area (Å²) >= 11 is 0. The molecule has 1 heteroatoms. The zero-order valence-corrected chi connectivity index (χ0v) is 8.29. The topological polar surface area (TPSA) is 17.1 Å². The van der Waals surface area contributed by atoms with E-state index in [1.807, 2.05) is 18.2 Å². The summed E-state index contributed by atoms with van der Waals surface area (Å²) in [5.74, 6) is 0.494. The number of Topliss-reactive ketones (excluding diaryl/α,β-unsaturated/α-hetero) is 1. The van der Waals surface area contributed by atoms with Crippen LogP contribution in [0.3, 0.4) is 0 Å². The lowest BCUT2D eigenvalue weighted by Crippen LogP contribution is -2.12. The minimum atomic E-state index is 0.197. The first-order chi connectivity index (χ1) is 6.24. The number of carbonyl (C=O) groups excluding carboxylic acids is 1.